The Bertz CT molecular complexity index is 556. The zero-order valence-corrected chi connectivity index (χ0v) is 13.0. The molecule has 2 rings (SSSR count). The Kier molecular flexibility index (Phi) is 6.28. The molecule has 23 heavy (non-hydrogen) atoms. The summed E-state index contributed by atoms with van der Waals surface area (Å²) in [7, 11) is 0. The molecule has 0 aromatic carbocycles. The number of pyridine rings is 1. The Labute approximate surface area is 134 Å². The molecule has 0 bridgehead atoms. The fourth-order valence-corrected chi connectivity index (χ4v) is 2.69. The quantitative estimate of drug-likeness (QED) is 0.344. The van der Waals surface area contributed by atoms with E-state index in [0.29, 0.717) is 19.3 Å². The maximum atomic E-state index is 11.4. The molecule has 0 radical (unpaired) electrons. The van der Waals surface area contributed by atoms with Crippen molar-refractivity contribution in [3.05, 3.63) is 27.9 Å². The molecule has 1 fully saturated rings. The lowest BCUT2D eigenvalue weighted by Gasteiger charge is -2.16. The van der Waals surface area contributed by atoms with Gasteiger partial charge in [0.25, 0.3) is 11.6 Å². The average molecular weight is 322 g/mol. The van der Waals surface area contributed by atoms with E-state index in [1.807, 2.05) is 0 Å². The summed E-state index contributed by atoms with van der Waals surface area (Å²) in [5, 5.41) is 13.7. The van der Waals surface area contributed by atoms with E-state index in [4.69, 9.17) is 10.5 Å². The number of carbonyl (C=O) groups is 1. The van der Waals surface area contributed by atoms with E-state index in [1.165, 1.54) is 25.7 Å². The number of primary amides is 1. The van der Waals surface area contributed by atoms with Crippen molar-refractivity contribution in [2.24, 2.45) is 5.73 Å². The molecule has 3 N–H and O–H groups in total. The molecule has 0 unspecified atom stereocenters. The Morgan fingerprint density at radius 1 is 1.39 bits per heavy atom. The highest BCUT2D eigenvalue weighted by molar-refractivity contribution is 5.98. The van der Waals surface area contributed by atoms with Gasteiger partial charge in [0.15, 0.2) is 0 Å². The number of anilines is 1. The minimum atomic E-state index is -0.756. The number of rotatable bonds is 7. The van der Waals surface area contributed by atoms with Gasteiger partial charge in [-0.3, -0.25) is 14.9 Å². The maximum absolute atomic E-state index is 11.4. The van der Waals surface area contributed by atoms with Crippen LogP contribution in [-0.4, -0.2) is 35.1 Å². The fourth-order valence-electron chi connectivity index (χ4n) is 2.69. The van der Waals surface area contributed by atoms with E-state index in [2.05, 4.69) is 10.3 Å². The van der Waals surface area contributed by atoms with Crippen molar-refractivity contribution in [3.8, 4) is 0 Å². The first-order chi connectivity index (χ1) is 11.1. The van der Waals surface area contributed by atoms with E-state index in [1.54, 1.807) is 0 Å². The van der Waals surface area contributed by atoms with Crippen molar-refractivity contribution in [3.63, 3.8) is 0 Å². The van der Waals surface area contributed by atoms with Gasteiger partial charge in [-0.25, -0.2) is 4.98 Å². The fraction of sp³-hybridized carbons (Fsp3) is 0.600. The second-order valence-electron chi connectivity index (χ2n) is 5.62. The molecular weight excluding hydrogens is 300 g/mol. The van der Waals surface area contributed by atoms with Crippen LogP contribution in [0.1, 0.15) is 48.9 Å². The van der Waals surface area contributed by atoms with Gasteiger partial charge in [0, 0.05) is 12.6 Å². The topological polar surface area (TPSA) is 120 Å². The van der Waals surface area contributed by atoms with Crippen molar-refractivity contribution in [2.75, 3.05) is 18.5 Å². The van der Waals surface area contributed by atoms with Crippen molar-refractivity contribution in [1.29, 1.82) is 0 Å². The van der Waals surface area contributed by atoms with Crippen LogP contribution in [-0.2, 0) is 4.74 Å². The van der Waals surface area contributed by atoms with Crippen LogP contribution < -0.4 is 11.1 Å². The molecule has 0 spiro atoms. The molecule has 1 aliphatic rings. The molecule has 8 nitrogen and oxygen atoms in total. The van der Waals surface area contributed by atoms with Gasteiger partial charge in [0.2, 0.25) is 0 Å². The van der Waals surface area contributed by atoms with Gasteiger partial charge in [0.05, 0.1) is 23.2 Å². The first-order valence-corrected chi connectivity index (χ1v) is 7.87. The molecule has 1 aromatic rings. The molecule has 8 heteroatoms. The van der Waals surface area contributed by atoms with Crippen LogP contribution in [0.5, 0.6) is 0 Å². The predicted molar refractivity (Wildman–Crippen MR) is 85.3 cm³/mol. The zero-order chi connectivity index (χ0) is 16.7. The number of carbonyl (C=O) groups excluding carboxylic acids is 1. The third-order valence-corrected chi connectivity index (χ3v) is 3.90. The molecule has 0 atom stereocenters. The molecule has 1 heterocycles. The minimum absolute atomic E-state index is 0.00802. The highest BCUT2D eigenvalue weighted by Gasteiger charge is 2.16. The standard InChI is InChI=1S/C15H22N4O4/c16-14(20)13-9-11(19(21)22)10-18-15(13)17-7-8-23-12-5-3-1-2-4-6-12/h9-10,12H,1-8H2,(H2,16,20)(H,17,18). The number of nitrogens with one attached hydrogen (secondary N) is 1. The monoisotopic (exact) mass is 322 g/mol. The lowest BCUT2D eigenvalue weighted by Crippen LogP contribution is -2.20. The van der Waals surface area contributed by atoms with Crippen LogP contribution in [0.15, 0.2) is 12.3 Å². The second kappa shape index (κ2) is 8.42. The van der Waals surface area contributed by atoms with Crippen LogP contribution in [0, 0.1) is 10.1 Å². The van der Waals surface area contributed by atoms with Crippen molar-refractivity contribution in [1.82, 2.24) is 4.98 Å². The van der Waals surface area contributed by atoms with E-state index in [-0.39, 0.29) is 17.1 Å². The molecule has 0 saturated heterocycles. The summed E-state index contributed by atoms with van der Waals surface area (Å²) in [4.78, 5) is 25.4. The van der Waals surface area contributed by atoms with Crippen molar-refractivity contribution < 1.29 is 14.5 Å². The van der Waals surface area contributed by atoms with Gasteiger partial charge < -0.3 is 15.8 Å². The van der Waals surface area contributed by atoms with Crippen LogP contribution in [0.3, 0.4) is 0 Å². The van der Waals surface area contributed by atoms with Crippen LogP contribution in [0.25, 0.3) is 0 Å². The Morgan fingerprint density at radius 2 is 2.09 bits per heavy atom. The predicted octanol–water partition coefficient (Wildman–Crippen LogP) is 2.24. The Balaban J connectivity index is 1.87. The normalized spacial score (nSPS) is 15.8. The lowest BCUT2D eigenvalue weighted by atomic mass is 10.1. The molecule has 1 saturated carbocycles. The minimum Gasteiger partial charge on any atom is -0.376 e. The van der Waals surface area contributed by atoms with Crippen LogP contribution >= 0.6 is 0 Å². The van der Waals surface area contributed by atoms with Crippen molar-refractivity contribution >= 4 is 17.4 Å². The van der Waals surface area contributed by atoms with Crippen molar-refractivity contribution in [2.45, 2.75) is 44.6 Å². The molecule has 1 aromatic heterocycles. The summed E-state index contributed by atoms with van der Waals surface area (Å²) in [6.07, 6.45) is 8.51. The smallest absolute Gasteiger partial charge is 0.288 e. The number of nitro groups is 1. The highest BCUT2D eigenvalue weighted by Crippen LogP contribution is 2.20. The molecule has 126 valence electrons. The van der Waals surface area contributed by atoms with E-state index in [9.17, 15) is 14.9 Å². The third kappa shape index (κ3) is 5.17. The zero-order valence-electron chi connectivity index (χ0n) is 13.0. The molecule has 0 aliphatic heterocycles. The van der Waals surface area contributed by atoms with Gasteiger partial charge in [0.1, 0.15) is 12.0 Å². The Morgan fingerprint density at radius 3 is 2.70 bits per heavy atom. The Hall–Kier alpha value is -2.22. The second-order valence-corrected chi connectivity index (χ2v) is 5.62. The van der Waals surface area contributed by atoms with Gasteiger partial charge >= 0.3 is 0 Å². The molecule has 1 amide bonds. The third-order valence-electron chi connectivity index (χ3n) is 3.90. The van der Waals surface area contributed by atoms with Gasteiger partial charge in [-0.2, -0.15) is 0 Å². The first-order valence-electron chi connectivity index (χ1n) is 7.87. The summed E-state index contributed by atoms with van der Waals surface area (Å²) in [5.74, 6) is -0.513. The number of hydrogen-bond acceptors (Lipinski definition) is 6. The molecule has 1 aliphatic carbocycles. The number of nitrogens with two attached hydrogens (primary N) is 1. The summed E-state index contributed by atoms with van der Waals surface area (Å²) in [5.41, 5.74) is 4.99. The van der Waals surface area contributed by atoms with E-state index >= 15 is 0 Å². The highest BCUT2D eigenvalue weighted by atomic mass is 16.6. The number of ether oxygens (including phenoxy) is 1. The number of hydrogen-bond donors (Lipinski definition) is 2. The average Bonchev–Trinajstić information content (AvgIpc) is 2.80. The number of nitrogens with zero attached hydrogens (tertiary/aromatic N) is 2. The van der Waals surface area contributed by atoms with Gasteiger partial charge in [-0.05, 0) is 12.8 Å². The molecular formula is C15H22N4O4. The van der Waals surface area contributed by atoms with Crippen LogP contribution in [0.4, 0.5) is 11.5 Å². The largest absolute Gasteiger partial charge is 0.376 e. The summed E-state index contributed by atoms with van der Waals surface area (Å²) in [6, 6.07) is 1.13. The van der Waals surface area contributed by atoms with Crippen LogP contribution in [0.2, 0.25) is 0 Å². The maximum Gasteiger partial charge on any atom is 0.288 e. The summed E-state index contributed by atoms with van der Waals surface area (Å²) in [6.45, 7) is 0.948. The SMILES string of the molecule is NC(=O)c1cc([N+](=O)[O-])cnc1NCCOC1CCCCCC1. The summed E-state index contributed by atoms with van der Waals surface area (Å²) < 4.78 is 5.83. The van der Waals surface area contributed by atoms with Gasteiger partial charge in [-0.1, -0.05) is 25.7 Å². The summed E-state index contributed by atoms with van der Waals surface area (Å²) >= 11 is 0. The number of amides is 1. The first kappa shape index (κ1) is 17.1. The van der Waals surface area contributed by atoms with Gasteiger partial charge in [-0.15, -0.1) is 0 Å². The van der Waals surface area contributed by atoms with E-state index < -0.39 is 10.8 Å². The van der Waals surface area contributed by atoms with E-state index in [0.717, 1.165) is 25.1 Å². The lowest BCUT2D eigenvalue weighted by molar-refractivity contribution is -0.385. The number of aromatic nitrogens is 1.